The SMILES string of the molecule is CC1(C)O[C@H]2CN3CC[C@@H]3C(=O)[C@@H]2O1. The zero-order chi connectivity index (χ0) is 9.92. The maximum absolute atomic E-state index is 11.9. The van der Waals surface area contributed by atoms with Crippen LogP contribution < -0.4 is 0 Å². The van der Waals surface area contributed by atoms with E-state index in [9.17, 15) is 4.79 Å². The molecule has 0 aliphatic carbocycles. The Labute approximate surface area is 83.2 Å². The molecule has 3 saturated heterocycles. The van der Waals surface area contributed by atoms with Gasteiger partial charge in [0, 0.05) is 13.1 Å². The molecule has 0 amide bonds. The van der Waals surface area contributed by atoms with E-state index in [1.54, 1.807) is 0 Å². The van der Waals surface area contributed by atoms with Crippen molar-refractivity contribution in [2.24, 2.45) is 0 Å². The molecular formula is C10H15NO3. The fourth-order valence-electron chi connectivity index (χ4n) is 2.61. The standard InChI is InChI=1S/C10H15NO3/c1-10(2)13-7-5-11-4-3-6(11)8(12)9(7)14-10/h6-7,9H,3-5H2,1-2H3/t6-,7+,9-/m1/s1. The molecule has 14 heavy (non-hydrogen) atoms. The van der Waals surface area contributed by atoms with Gasteiger partial charge in [0.15, 0.2) is 11.6 Å². The smallest absolute Gasteiger partial charge is 0.181 e. The Hall–Kier alpha value is -0.450. The van der Waals surface area contributed by atoms with Crippen LogP contribution in [0.1, 0.15) is 20.3 Å². The van der Waals surface area contributed by atoms with Gasteiger partial charge >= 0.3 is 0 Å². The van der Waals surface area contributed by atoms with Crippen molar-refractivity contribution in [3.63, 3.8) is 0 Å². The molecule has 3 rings (SSSR count). The van der Waals surface area contributed by atoms with Crippen molar-refractivity contribution in [3.05, 3.63) is 0 Å². The number of hydrogen-bond acceptors (Lipinski definition) is 4. The van der Waals surface area contributed by atoms with Crippen molar-refractivity contribution in [1.82, 2.24) is 4.90 Å². The average Bonchev–Trinajstić information content (AvgIpc) is 2.33. The number of carbonyl (C=O) groups is 1. The Morgan fingerprint density at radius 3 is 2.86 bits per heavy atom. The third kappa shape index (κ3) is 1.08. The van der Waals surface area contributed by atoms with Gasteiger partial charge in [0.05, 0.1) is 6.04 Å². The van der Waals surface area contributed by atoms with Crippen LogP contribution in [0.2, 0.25) is 0 Å². The molecule has 0 spiro atoms. The summed E-state index contributed by atoms with van der Waals surface area (Å²) >= 11 is 0. The fourth-order valence-corrected chi connectivity index (χ4v) is 2.61. The van der Waals surface area contributed by atoms with E-state index in [4.69, 9.17) is 9.47 Å². The maximum atomic E-state index is 11.9. The lowest BCUT2D eigenvalue weighted by Gasteiger charge is -2.46. The lowest BCUT2D eigenvalue weighted by Crippen LogP contribution is -2.64. The predicted molar refractivity (Wildman–Crippen MR) is 48.8 cm³/mol. The van der Waals surface area contributed by atoms with Crippen LogP contribution in [0.25, 0.3) is 0 Å². The van der Waals surface area contributed by atoms with E-state index < -0.39 is 5.79 Å². The summed E-state index contributed by atoms with van der Waals surface area (Å²) in [6.45, 7) is 5.62. The minimum Gasteiger partial charge on any atom is -0.343 e. The summed E-state index contributed by atoms with van der Waals surface area (Å²) in [6, 6.07) is 0.119. The van der Waals surface area contributed by atoms with Crippen LogP contribution in [-0.4, -0.2) is 47.8 Å². The van der Waals surface area contributed by atoms with Crippen molar-refractivity contribution in [3.8, 4) is 0 Å². The first-order chi connectivity index (χ1) is 6.57. The molecule has 3 fully saturated rings. The third-order valence-electron chi connectivity index (χ3n) is 3.34. The molecule has 0 unspecified atom stereocenters. The highest BCUT2D eigenvalue weighted by Crippen LogP contribution is 2.36. The molecule has 78 valence electrons. The van der Waals surface area contributed by atoms with Crippen molar-refractivity contribution in [1.29, 1.82) is 0 Å². The lowest BCUT2D eigenvalue weighted by atomic mass is 9.88. The molecule has 3 heterocycles. The summed E-state index contributed by atoms with van der Waals surface area (Å²) in [4.78, 5) is 14.1. The Bertz CT molecular complexity index is 289. The summed E-state index contributed by atoms with van der Waals surface area (Å²) < 4.78 is 11.3. The second-order valence-electron chi connectivity index (χ2n) is 4.80. The van der Waals surface area contributed by atoms with Crippen LogP contribution in [0, 0.1) is 0 Å². The Morgan fingerprint density at radius 1 is 1.43 bits per heavy atom. The third-order valence-corrected chi connectivity index (χ3v) is 3.34. The van der Waals surface area contributed by atoms with Gasteiger partial charge in [-0.15, -0.1) is 0 Å². The van der Waals surface area contributed by atoms with Crippen molar-refractivity contribution in [2.75, 3.05) is 13.1 Å². The average molecular weight is 197 g/mol. The van der Waals surface area contributed by atoms with Crippen LogP contribution in [0.15, 0.2) is 0 Å². The Morgan fingerprint density at radius 2 is 2.21 bits per heavy atom. The molecule has 3 aliphatic heterocycles. The number of ketones is 1. The van der Waals surface area contributed by atoms with Gasteiger partial charge in [0.1, 0.15) is 12.2 Å². The molecule has 4 nitrogen and oxygen atoms in total. The molecular weight excluding hydrogens is 182 g/mol. The van der Waals surface area contributed by atoms with Gasteiger partial charge in [-0.2, -0.15) is 0 Å². The monoisotopic (exact) mass is 197 g/mol. The number of rotatable bonds is 0. The normalized spacial score (nSPS) is 45.6. The van der Waals surface area contributed by atoms with E-state index in [0.717, 1.165) is 19.5 Å². The van der Waals surface area contributed by atoms with Crippen molar-refractivity contribution in [2.45, 2.75) is 44.3 Å². The molecule has 0 N–H and O–H groups in total. The zero-order valence-electron chi connectivity index (χ0n) is 8.53. The Kier molecular flexibility index (Phi) is 1.62. The van der Waals surface area contributed by atoms with Gasteiger partial charge in [-0.25, -0.2) is 0 Å². The molecule has 0 aromatic heterocycles. The van der Waals surface area contributed by atoms with Crippen LogP contribution in [-0.2, 0) is 14.3 Å². The number of nitrogens with zero attached hydrogens (tertiary/aromatic N) is 1. The van der Waals surface area contributed by atoms with Crippen LogP contribution >= 0.6 is 0 Å². The van der Waals surface area contributed by atoms with E-state index in [0.29, 0.717) is 0 Å². The highest BCUT2D eigenvalue weighted by Gasteiger charge is 2.54. The number of piperidine rings is 1. The lowest BCUT2D eigenvalue weighted by molar-refractivity contribution is -0.155. The van der Waals surface area contributed by atoms with E-state index in [1.807, 2.05) is 13.8 Å². The highest BCUT2D eigenvalue weighted by molar-refractivity contribution is 5.90. The van der Waals surface area contributed by atoms with Crippen LogP contribution in [0.5, 0.6) is 0 Å². The zero-order valence-corrected chi connectivity index (χ0v) is 8.53. The fraction of sp³-hybridized carbons (Fsp3) is 0.900. The minimum absolute atomic E-state index is 0.0472. The highest BCUT2D eigenvalue weighted by atomic mass is 16.8. The van der Waals surface area contributed by atoms with E-state index in [-0.39, 0.29) is 24.0 Å². The number of Topliss-reactive ketones (excluding diaryl/α,β-unsaturated/α-hetero) is 1. The molecule has 0 bridgehead atoms. The quantitative estimate of drug-likeness (QED) is 0.554. The number of hydrogen-bond donors (Lipinski definition) is 0. The van der Waals surface area contributed by atoms with E-state index in [2.05, 4.69) is 4.90 Å². The van der Waals surface area contributed by atoms with Crippen LogP contribution in [0.4, 0.5) is 0 Å². The summed E-state index contributed by atoms with van der Waals surface area (Å²) in [5.74, 6) is -0.367. The van der Waals surface area contributed by atoms with Gasteiger partial charge in [-0.3, -0.25) is 9.69 Å². The molecule has 3 atom stereocenters. The molecule has 0 saturated carbocycles. The molecule has 0 radical (unpaired) electrons. The second-order valence-corrected chi connectivity index (χ2v) is 4.80. The predicted octanol–water partition coefficient (Wildman–Crippen LogP) is 0.163. The number of carbonyl (C=O) groups excluding carboxylic acids is 1. The van der Waals surface area contributed by atoms with Crippen molar-refractivity contribution < 1.29 is 14.3 Å². The van der Waals surface area contributed by atoms with Gasteiger partial charge in [-0.1, -0.05) is 0 Å². The first kappa shape index (κ1) is 8.83. The molecule has 3 aliphatic rings. The molecule has 4 heteroatoms. The first-order valence-electron chi connectivity index (χ1n) is 5.20. The van der Waals surface area contributed by atoms with E-state index >= 15 is 0 Å². The number of ether oxygens (including phenoxy) is 2. The van der Waals surface area contributed by atoms with E-state index in [1.165, 1.54) is 0 Å². The first-order valence-corrected chi connectivity index (χ1v) is 5.20. The van der Waals surface area contributed by atoms with Crippen LogP contribution in [0.3, 0.4) is 0 Å². The summed E-state index contributed by atoms with van der Waals surface area (Å²) in [7, 11) is 0. The molecule has 0 aromatic carbocycles. The van der Waals surface area contributed by atoms with Gasteiger partial charge < -0.3 is 9.47 Å². The topological polar surface area (TPSA) is 38.8 Å². The Balaban J connectivity index is 1.84. The second kappa shape index (κ2) is 2.56. The van der Waals surface area contributed by atoms with Gasteiger partial charge in [0.25, 0.3) is 0 Å². The van der Waals surface area contributed by atoms with Gasteiger partial charge in [0.2, 0.25) is 0 Å². The molecule has 0 aromatic rings. The minimum atomic E-state index is -0.587. The summed E-state index contributed by atoms with van der Waals surface area (Å²) in [6.07, 6.45) is 0.631. The largest absolute Gasteiger partial charge is 0.343 e. The summed E-state index contributed by atoms with van der Waals surface area (Å²) in [5.41, 5.74) is 0. The van der Waals surface area contributed by atoms with Crippen molar-refractivity contribution >= 4 is 5.78 Å². The summed E-state index contributed by atoms with van der Waals surface area (Å²) in [5, 5.41) is 0. The van der Waals surface area contributed by atoms with Gasteiger partial charge in [-0.05, 0) is 20.3 Å². The maximum Gasteiger partial charge on any atom is 0.181 e. The number of fused-ring (bicyclic) bond motifs is 2.